The molecular weight excluding hydrogens is 439 g/mol. The summed E-state index contributed by atoms with van der Waals surface area (Å²) in [6, 6.07) is 4.54. The Labute approximate surface area is 211 Å². The lowest BCUT2D eigenvalue weighted by molar-refractivity contribution is 0.0156. The summed E-state index contributed by atoms with van der Waals surface area (Å²) in [4.78, 5) is 21.5. The fraction of sp³-hybridized carbons (Fsp3) is 0.633. The summed E-state index contributed by atoms with van der Waals surface area (Å²) in [7, 11) is 0. The number of unbranched alkanes of at least 4 members (excludes halogenated alkanes) is 7. The molecule has 4 nitrogen and oxygen atoms in total. The highest BCUT2D eigenvalue weighted by atomic mass is 19.1. The number of esters is 1. The number of aromatic nitrogens is 2. The van der Waals surface area contributed by atoms with Crippen LogP contribution in [0.15, 0.2) is 30.6 Å². The highest BCUT2D eigenvalue weighted by molar-refractivity contribution is 5.90. The largest absolute Gasteiger partial charge is 0.459 e. The molecule has 2 aromatic rings. The molecule has 1 aromatic heterocycles. The van der Waals surface area contributed by atoms with Crippen LogP contribution < -0.4 is 0 Å². The number of hydrogen-bond acceptors (Lipinski definition) is 4. The molecular formula is C30H43FN2O2. The first-order valence-corrected chi connectivity index (χ1v) is 13.9. The molecule has 5 heteroatoms. The molecule has 1 saturated carbocycles. The maximum atomic E-state index is 14.8. The monoisotopic (exact) mass is 482 g/mol. The maximum absolute atomic E-state index is 14.8. The zero-order valence-electron chi connectivity index (χ0n) is 21.7. The number of aryl methyl sites for hydroxylation is 1. The van der Waals surface area contributed by atoms with Gasteiger partial charge in [-0.2, -0.15) is 0 Å². The second-order valence-corrected chi connectivity index (χ2v) is 10.2. The smallest absolute Gasteiger partial charge is 0.341 e. The van der Waals surface area contributed by atoms with Gasteiger partial charge in [-0.25, -0.2) is 19.2 Å². The summed E-state index contributed by atoms with van der Waals surface area (Å²) in [5.74, 6) is 0.0563. The van der Waals surface area contributed by atoms with Crippen molar-refractivity contribution in [2.45, 2.75) is 116 Å². The summed E-state index contributed by atoms with van der Waals surface area (Å²) in [6.07, 6.45) is 21.1. The number of ether oxygens (including phenoxy) is 1. The highest BCUT2D eigenvalue weighted by Gasteiger charge is 2.25. The van der Waals surface area contributed by atoms with E-state index in [-0.39, 0.29) is 11.7 Å². The zero-order chi connectivity index (χ0) is 24.9. The standard InChI is InChI=1S/C30H43FN2O2/c1-3-5-7-8-9-11-13-24-21-32-29(33-22-24)25-16-19-27(28(31)20-25)30(34)35-26-17-14-23(15-18-26)12-10-6-4-2/h16,19-23,26H,3-15,17-18H2,1-2H3/t23-,26-. The Morgan fingerprint density at radius 1 is 0.914 bits per heavy atom. The topological polar surface area (TPSA) is 52.1 Å². The summed E-state index contributed by atoms with van der Waals surface area (Å²) < 4.78 is 20.4. The van der Waals surface area contributed by atoms with Crippen molar-refractivity contribution in [1.29, 1.82) is 0 Å². The lowest BCUT2D eigenvalue weighted by Crippen LogP contribution is -2.25. The molecule has 0 spiro atoms. The van der Waals surface area contributed by atoms with E-state index in [1.54, 1.807) is 6.07 Å². The maximum Gasteiger partial charge on any atom is 0.341 e. The van der Waals surface area contributed by atoms with Crippen LogP contribution in [0.4, 0.5) is 4.39 Å². The Morgan fingerprint density at radius 3 is 2.26 bits per heavy atom. The Bertz CT molecular complexity index is 892. The third kappa shape index (κ3) is 9.01. The first-order valence-electron chi connectivity index (χ1n) is 13.9. The fourth-order valence-corrected chi connectivity index (χ4v) is 5.00. The van der Waals surface area contributed by atoms with Crippen LogP contribution in [0.5, 0.6) is 0 Å². The average Bonchev–Trinajstić information content (AvgIpc) is 2.87. The predicted molar refractivity (Wildman–Crippen MR) is 140 cm³/mol. The van der Waals surface area contributed by atoms with Crippen LogP contribution in [0.3, 0.4) is 0 Å². The van der Waals surface area contributed by atoms with Crippen LogP contribution in [0.2, 0.25) is 0 Å². The van der Waals surface area contributed by atoms with Gasteiger partial charge in [0.1, 0.15) is 11.9 Å². The van der Waals surface area contributed by atoms with Gasteiger partial charge < -0.3 is 4.74 Å². The molecule has 1 heterocycles. The van der Waals surface area contributed by atoms with Crippen molar-refractivity contribution in [1.82, 2.24) is 9.97 Å². The van der Waals surface area contributed by atoms with Gasteiger partial charge >= 0.3 is 5.97 Å². The van der Waals surface area contributed by atoms with Gasteiger partial charge in [-0.15, -0.1) is 0 Å². The summed E-state index contributed by atoms with van der Waals surface area (Å²) in [6.45, 7) is 4.45. The van der Waals surface area contributed by atoms with E-state index < -0.39 is 11.8 Å². The quantitative estimate of drug-likeness (QED) is 0.200. The SMILES string of the molecule is CCCCCCCCc1cnc(-c2ccc(C(=O)O[C@H]3CC[C@H](CCCCC)CC3)c(F)c2)nc1. The molecule has 1 aliphatic rings. The molecule has 0 amide bonds. The number of nitrogens with zero attached hydrogens (tertiary/aromatic N) is 2. The van der Waals surface area contributed by atoms with Crippen molar-refractivity contribution in [3.05, 3.63) is 47.5 Å². The molecule has 1 fully saturated rings. The molecule has 35 heavy (non-hydrogen) atoms. The third-order valence-electron chi connectivity index (χ3n) is 7.25. The molecule has 0 N–H and O–H groups in total. The van der Waals surface area contributed by atoms with Crippen molar-refractivity contribution >= 4 is 5.97 Å². The van der Waals surface area contributed by atoms with Crippen molar-refractivity contribution in [2.75, 3.05) is 0 Å². The van der Waals surface area contributed by atoms with Crippen LogP contribution >= 0.6 is 0 Å². The number of carbonyl (C=O) groups is 1. The second kappa shape index (κ2) is 15.0. The number of carbonyl (C=O) groups excluding carboxylic acids is 1. The van der Waals surface area contributed by atoms with E-state index in [1.165, 1.54) is 69.9 Å². The third-order valence-corrected chi connectivity index (χ3v) is 7.25. The Morgan fingerprint density at radius 2 is 1.57 bits per heavy atom. The van der Waals surface area contributed by atoms with Crippen molar-refractivity contribution in [3.63, 3.8) is 0 Å². The number of hydrogen-bond donors (Lipinski definition) is 0. The van der Waals surface area contributed by atoms with E-state index in [9.17, 15) is 9.18 Å². The Hall–Kier alpha value is -2.30. The first-order chi connectivity index (χ1) is 17.1. The van der Waals surface area contributed by atoms with E-state index >= 15 is 0 Å². The van der Waals surface area contributed by atoms with Gasteiger partial charge in [0.05, 0.1) is 5.56 Å². The van der Waals surface area contributed by atoms with Gasteiger partial charge in [0, 0.05) is 18.0 Å². The minimum Gasteiger partial charge on any atom is -0.459 e. The first kappa shape index (κ1) is 27.3. The molecule has 3 rings (SSSR count). The van der Waals surface area contributed by atoms with Gasteiger partial charge in [0.15, 0.2) is 5.82 Å². The van der Waals surface area contributed by atoms with Gasteiger partial charge in [-0.1, -0.05) is 77.7 Å². The van der Waals surface area contributed by atoms with Gasteiger partial charge in [0.25, 0.3) is 0 Å². The second-order valence-electron chi connectivity index (χ2n) is 10.2. The minimum atomic E-state index is -0.583. The van der Waals surface area contributed by atoms with E-state index in [2.05, 4.69) is 23.8 Å². The van der Waals surface area contributed by atoms with E-state index in [0.717, 1.165) is 50.0 Å². The number of halogens is 1. The average molecular weight is 483 g/mol. The normalized spacial score (nSPS) is 17.9. The Balaban J connectivity index is 1.47. The molecule has 1 aromatic carbocycles. The molecule has 0 unspecified atom stereocenters. The molecule has 0 bridgehead atoms. The molecule has 192 valence electrons. The van der Waals surface area contributed by atoms with Crippen molar-refractivity contribution < 1.29 is 13.9 Å². The number of rotatable bonds is 14. The predicted octanol–water partition coefficient (Wildman–Crippen LogP) is 8.48. The summed E-state index contributed by atoms with van der Waals surface area (Å²) >= 11 is 0. The minimum absolute atomic E-state index is 0.0153. The summed E-state index contributed by atoms with van der Waals surface area (Å²) in [5.41, 5.74) is 1.65. The van der Waals surface area contributed by atoms with Gasteiger partial charge in [-0.05, 0) is 62.1 Å². The van der Waals surface area contributed by atoms with Gasteiger partial charge in [0.2, 0.25) is 0 Å². The zero-order valence-corrected chi connectivity index (χ0v) is 21.7. The van der Waals surface area contributed by atoms with Gasteiger partial charge in [-0.3, -0.25) is 0 Å². The molecule has 0 saturated heterocycles. The molecule has 0 aliphatic heterocycles. The number of benzene rings is 1. The van der Waals surface area contributed by atoms with Crippen molar-refractivity contribution in [2.24, 2.45) is 5.92 Å². The lowest BCUT2D eigenvalue weighted by atomic mass is 9.84. The molecule has 1 aliphatic carbocycles. The van der Waals surface area contributed by atoms with Crippen LogP contribution in [0.1, 0.15) is 120 Å². The lowest BCUT2D eigenvalue weighted by Gasteiger charge is -2.28. The van der Waals surface area contributed by atoms with Crippen molar-refractivity contribution in [3.8, 4) is 11.4 Å². The van der Waals surface area contributed by atoms with Crippen LogP contribution in [-0.4, -0.2) is 22.0 Å². The Kier molecular flexibility index (Phi) is 11.7. The molecule has 0 atom stereocenters. The van der Waals surface area contributed by atoms with Crippen LogP contribution in [-0.2, 0) is 11.2 Å². The summed E-state index contributed by atoms with van der Waals surface area (Å²) in [5, 5.41) is 0. The van der Waals surface area contributed by atoms with E-state index in [4.69, 9.17) is 4.74 Å². The highest BCUT2D eigenvalue weighted by Crippen LogP contribution is 2.31. The van der Waals surface area contributed by atoms with E-state index in [0.29, 0.717) is 11.4 Å². The van der Waals surface area contributed by atoms with Crippen LogP contribution in [0, 0.1) is 11.7 Å². The molecule has 0 radical (unpaired) electrons. The fourth-order valence-electron chi connectivity index (χ4n) is 5.00. The van der Waals surface area contributed by atoms with E-state index in [1.807, 2.05) is 12.4 Å². The van der Waals surface area contributed by atoms with Crippen LogP contribution in [0.25, 0.3) is 11.4 Å².